The molecule has 0 aromatic heterocycles. The zero-order valence-corrected chi connectivity index (χ0v) is 40.8. The summed E-state index contributed by atoms with van der Waals surface area (Å²) >= 11 is 0. The van der Waals surface area contributed by atoms with E-state index >= 15 is 0 Å². The smallest absolute Gasteiger partial charge is 0.310 e. The average molecular weight is 991 g/mol. The van der Waals surface area contributed by atoms with Gasteiger partial charge in [-0.2, -0.15) is 0 Å². The summed E-state index contributed by atoms with van der Waals surface area (Å²) in [7, 11) is 0. The lowest BCUT2D eigenvalue weighted by Gasteiger charge is -2.16. The molecule has 0 unspecified atom stereocenters. The lowest BCUT2D eigenvalue weighted by Crippen LogP contribution is -2.29. The molecule has 1 N–H and O–H groups in total. The van der Waals surface area contributed by atoms with Gasteiger partial charge in [0.2, 0.25) is 0 Å². The molecule has 0 saturated heterocycles. The number of imide groups is 2. The summed E-state index contributed by atoms with van der Waals surface area (Å²) in [5.41, 5.74) is 4.58. The first kappa shape index (κ1) is 49.7. The molecule has 14 heteroatoms. The fraction of sp³-hybridized carbons (Fsp3) is 0.167. The number of carbonyl (C=O) groups excluding carboxylic acids is 5. The Labute approximate surface area is 426 Å². The van der Waals surface area contributed by atoms with Gasteiger partial charge in [-0.15, -0.1) is 0 Å². The van der Waals surface area contributed by atoms with Gasteiger partial charge in [0.25, 0.3) is 23.6 Å². The van der Waals surface area contributed by atoms with Gasteiger partial charge in [-0.25, -0.2) is 9.80 Å². The van der Waals surface area contributed by atoms with Gasteiger partial charge in [0.15, 0.2) is 0 Å². The first-order valence-electron chi connectivity index (χ1n) is 24.1. The predicted octanol–water partition coefficient (Wildman–Crippen LogP) is 11.0. The molecule has 0 atom stereocenters. The Morgan fingerprint density at radius 1 is 0.392 bits per heavy atom. The van der Waals surface area contributed by atoms with Crippen molar-refractivity contribution in [1.29, 1.82) is 0 Å². The van der Waals surface area contributed by atoms with Gasteiger partial charge in [0, 0.05) is 21.5 Å². The number of fused-ring (bicyclic) bond motifs is 4. The molecule has 0 aliphatic carbocycles. The summed E-state index contributed by atoms with van der Waals surface area (Å²) in [6, 6.07) is 47.1. The van der Waals surface area contributed by atoms with Crippen molar-refractivity contribution < 1.29 is 57.6 Å². The van der Waals surface area contributed by atoms with Crippen LogP contribution in [0.1, 0.15) is 84.5 Å². The number of carbonyl (C=O) groups is 6. The molecule has 8 aromatic carbocycles. The van der Waals surface area contributed by atoms with Crippen molar-refractivity contribution in [3.05, 3.63) is 202 Å². The molecule has 14 nitrogen and oxygen atoms in total. The van der Waals surface area contributed by atoms with Gasteiger partial charge >= 0.3 is 11.9 Å². The van der Waals surface area contributed by atoms with Crippen LogP contribution in [-0.2, 0) is 40.4 Å². The zero-order valence-electron chi connectivity index (χ0n) is 40.8. The second-order valence-corrected chi connectivity index (χ2v) is 17.1. The highest BCUT2D eigenvalue weighted by Crippen LogP contribution is 2.48. The highest BCUT2D eigenvalue weighted by molar-refractivity contribution is 6.39. The normalized spacial score (nSPS) is 12.6. The molecular formula is C60H50N2O12. The number of esters is 1. The van der Waals surface area contributed by atoms with Gasteiger partial charge in [-0.05, 0) is 67.3 Å². The van der Waals surface area contributed by atoms with Crippen LogP contribution in [0.5, 0.6) is 23.0 Å². The van der Waals surface area contributed by atoms with Gasteiger partial charge in [0.05, 0.1) is 66.3 Å². The van der Waals surface area contributed by atoms with Crippen LogP contribution in [-0.4, -0.2) is 60.5 Å². The van der Waals surface area contributed by atoms with E-state index in [-0.39, 0.29) is 54.3 Å². The average Bonchev–Trinajstić information content (AvgIpc) is 3.83. The van der Waals surface area contributed by atoms with E-state index in [9.17, 15) is 28.8 Å². The number of rotatable bonds is 17. The predicted molar refractivity (Wildman–Crippen MR) is 279 cm³/mol. The zero-order chi connectivity index (χ0) is 51.9. The third-order valence-electron chi connectivity index (χ3n) is 12.3. The number of carboxylic acids is 1. The maximum Gasteiger partial charge on any atom is 0.310 e. The second-order valence-electron chi connectivity index (χ2n) is 17.1. The van der Waals surface area contributed by atoms with Crippen LogP contribution in [0.4, 0.5) is 11.4 Å². The maximum absolute atomic E-state index is 13.9. The van der Waals surface area contributed by atoms with Gasteiger partial charge in [-0.3, -0.25) is 28.8 Å². The molecule has 2 heterocycles. The molecule has 0 bridgehead atoms. The Hall–Kier alpha value is -9.30. The van der Waals surface area contributed by atoms with E-state index in [4.69, 9.17) is 28.8 Å². The molecule has 2 aliphatic rings. The largest absolute Gasteiger partial charge is 0.492 e. The van der Waals surface area contributed by atoms with Crippen LogP contribution in [0.3, 0.4) is 0 Å². The standard InChI is InChI=1S/C31H27NO6.C29H23NO6/c1-3-36-25(33)18-20-14-16-22(17-15-20)32-30(34)26-27(31(32)35)29(38-19-21-10-6-5-7-11-21)24-13-9-8-12-23(24)28(26)37-4-2;1-2-35-26-21-10-6-7-11-22(21)27(36-17-19-8-4-3-5-9-19)25-24(26)28(33)30(29(25)34)20-14-12-18(13-15-20)16-23(31)32/h5-17H,3-4,18-19H2,1-2H3;3-15H,2,16-17H2,1H3,(H,31,32). The summed E-state index contributed by atoms with van der Waals surface area (Å²) in [6.45, 7) is 6.80. The van der Waals surface area contributed by atoms with Crippen molar-refractivity contribution in [2.24, 2.45) is 0 Å². The van der Waals surface area contributed by atoms with Crippen molar-refractivity contribution in [1.82, 2.24) is 0 Å². The van der Waals surface area contributed by atoms with E-state index in [0.717, 1.165) is 26.5 Å². The molecule has 10 rings (SSSR count). The summed E-state index contributed by atoms with van der Waals surface area (Å²) < 4.78 is 29.4. The number of carboxylic acid groups (broad SMARTS) is 1. The molecule has 0 spiro atoms. The number of ether oxygens (including phenoxy) is 5. The van der Waals surface area contributed by atoms with E-state index in [1.165, 1.54) is 0 Å². The van der Waals surface area contributed by atoms with Gasteiger partial charge in [0.1, 0.15) is 36.2 Å². The molecule has 0 radical (unpaired) electrons. The van der Waals surface area contributed by atoms with E-state index in [1.54, 1.807) is 55.5 Å². The number of hydrogen-bond donors (Lipinski definition) is 1. The minimum absolute atomic E-state index is 0.105. The highest BCUT2D eigenvalue weighted by Gasteiger charge is 2.45. The lowest BCUT2D eigenvalue weighted by atomic mass is 9.99. The van der Waals surface area contributed by atoms with Crippen molar-refractivity contribution in [3.63, 3.8) is 0 Å². The highest BCUT2D eigenvalue weighted by atomic mass is 16.5. The van der Waals surface area contributed by atoms with E-state index in [0.29, 0.717) is 81.3 Å². The Morgan fingerprint density at radius 2 is 0.716 bits per heavy atom. The van der Waals surface area contributed by atoms with Crippen LogP contribution in [0.25, 0.3) is 21.5 Å². The topological polar surface area (TPSA) is 175 Å². The molecule has 8 aromatic rings. The molecule has 2 aliphatic heterocycles. The molecule has 4 amide bonds. The van der Waals surface area contributed by atoms with E-state index in [2.05, 4.69) is 0 Å². The number of benzene rings is 8. The van der Waals surface area contributed by atoms with Gasteiger partial charge in [-0.1, -0.05) is 133 Å². The molecular weight excluding hydrogens is 941 g/mol. The quantitative estimate of drug-likeness (QED) is 0.0676. The Bertz CT molecular complexity index is 3450. The summed E-state index contributed by atoms with van der Waals surface area (Å²) in [5.74, 6) is -1.91. The maximum atomic E-state index is 13.9. The molecule has 74 heavy (non-hydrogen) atoms. The van der Waals surface area contributed by atoms with Gasteiger partial charge < -0.3 is 28.8 Å². The fourth-order valence-electron chi connectivity index (χ4n) is 9.09. The molecule has 0 fully saturated rings. The summed E-state index contributed by atoms with van der Waals surface area (Å²) in [4.78, 5) is 80.3. The number of anilines is 2. The van der Waals surface area contributed by atoms with Crippen LogP contribution in [0, 0.1) is 0 Å². The Kier molecular flexibility index (Phi) is 14.8. The lowest BCUT2D eigenvalue weighted by molar-refractivity contribution is -0.142. The Balaban J connectivity index is 0.000000182. The first-order valence-corrected chi connectivity index (χ1v) is 24.1. The minimum atomic E-state index is -0.961. The fourth-order valence-corrected chi connectivity index (χ4v) is 9.09. The summed E-state index contributed by atoms with van der Waals surface area (Å²) in [5, 5.41) is 11.8. The van der Waals surface area contributed by atoms with Crippen LogP contribution in [0.2, 0.25) is 0 Å². The number of amides is 4. The van der Waals surface area contributed by atoms with Crippen molar-refractivity contribution in [2.75, 3.05) is 29.6 Å². The van der Waals surface area contributed by atoms with E-state index < -0.39 is 29.6 Å². The molecule has 0 saturated carbocycles. The van der Waals surface area contributed by atoms with Crippen molar-refractivity contribution in [3.8, 4) is 23.0 Å². The first-order chi connectivity index (χ1) is 36.0. The van der Waals surface area contributed by atoms with Crippen molar-refractivity contribution >= 4 is 68.5 Å². The minimum Gasteiger partial charge on any atom is -0.492 e. The number of hydrogen-bond acceptors (Lipinski definition) is 11. The van der Waals surface area contributed by atoms with E-state index in [1.807, 2.05) is 123 Å². The third-order valence-corrected chi connectivity index (χ3v) is 12.3. The Morgan fingerprint density at radius 3 is 1.04 bits per heavy atom. The molecule has 372 valence electrons. The van der Waals surface area contributed by atoms with Crippen molar-refractivity contribution in [2.45, 2.75) is 46.8 Å². The second kappa shape index (κ2) is 22.0. The van der Waals surface area contributed by atoms with Crippen LogP contribution in [0.15, 0.2) is 158 Å². The summed E-state index contributed by atoms with van der Waals surface area (Å²) in [6.07, 6.45) is -0.0483. The number of aliphatic carboxylic acids is 1. The monoisotopic (exact) mass is 990 g/mol. The van der Waals surface area contributed by atoms with Crippen LogP contribution < -0.4 is 28.7 Å². The SMILES string of the molecule is CCOC(=O)Cc1ccc(N2C(=O)c3c(c(OCc4ccccc4)c4ccccc4c3OCC)C2=O)cc1.CCOc1c2c(c(OCc3ccccc3)c3ccccc13)C(=O)N(c1ccc(CC(=O)O)cc1)C2=O. The number of nitrogens with zero attached hydrogens (tertiary/aromatic N) is 2. The van der Waals surface area contributed by atoms with Crippen LogP contribution >= 0.6 is 0 Å². The third kappa shape index (κ3) is 9.85.